The SMILES string of the molecule is CC1(C)CN(CC(=O)O)C[C@H]1CO. The average molecular weight is 187 g/mol. The topological polar surface area (TPSA) is 60.8 Å². The molecular weight excluding hydrogens is 170 g/mol. The molecule has 1 aliphatic heterocycles. The molecule has 0 radical (unpaired) electrons. The van der Waals surface area contributed by atoms with E-state index >= 15 is 0 Å². The number of hydrogen-bond donors (Lipinski definition) is 2. The van der Waals surface area contributed by atoms with Crippen molar-refractivity contribution < 1.29 is 15.0 Å². The van der Waals surface area contributed by atoms with Crippen molar-refractivity contribution in [3.8, 4) is 0 Å². The zero-order valence-electron chi connectivity index (χ0n) is 8.16. The number of aliphatic hydroxyl groups is 1. The third-order valence-electron chi connectivity index (χ3n) is 2.79. The van der Waals surface area contributed by atoms with Crippen LogP contribution in [0.1, 0.15) is 13.8 Å². The molecule has 1 atom stereocenters. The van der Waals surface area contributed by atoms with Gasteiger partial charge in [0.1, 0.15) is 0 Å². The maximum Gasteiger partial charge on any atom is 0.317 e. The lowest BCUT2D eigenvalue weighted by molar-refractivity contribution is -0.138. The fraction of sp³-hybridized carbons (Fsp3) is 0.889. The first-order valence-corrected chi connectivity index (χ1v) is 4.50. The van der Waals surface area contributed by atoms with Crippen LogP contribution in [-0.2, 0) is 4.79 Å². The van der Waals surface area contributed by atoms with Gasteiger partial charge < -0.3 is 10.2 Å². The summed E-state index contributed by atoms with van der Waals surface area (Å²) in [4.78, 5) is 12.3. The lowest BCUT2D eigenvalue weighted by Crippen LogP contribution is -2.28. The van der Waals surface area contributed by atoms with Gasteiger partial charge in [-0.05, 0) is 5.41 Å². The van der Waals surface area contributed by atoms with Crippen molar-refractivity contribution >= 4 is 5.97 Å². The highest BCUT2D eigenvalue weighted by Gasteiger charge is 2.39. The van der Waals surface area contributed by atoms with Crippen LogP contribution in [0.2, 0.25) is 0 Å². The molecule has 0 saturated carbocycles. The van der Waals surface area contributed by atoms with E-state index in [1.165, 1.54) is 0 Å². The highest BCUT2D eigenvalue weighted by atomic mass is 16.4. The molecule has 4 nitrogen and oxygen atoms in total. The molecule has 13 heavy (non-hydrogen) atoms. The van der Waals surface area contributed by atoms with Gasteiger partial charge in [0.05, 0.1) is 6.54 Å². The minimum Gasteiger partial charge on any atom is -0.480 e. The van der Waals surface area contributed by atoms with Crippen LogP contribution in [0.25, 0.3) is 0 Å². The average Bonchev–Trinajstić information content (AvgIpc) is 2.23. The zero-order valence-corrected chi connectivity index (χ0v) is 8.16. The number of carbonyl (C=O) groups is 1. The van der Waals surface area contributed by atoms with E-state index in [0.29, 0.717) is 6.54 Å². The number of aliphatic hydroxyl groups excluding tert-OH is 1. The Balaban J connectivity index is 2.53. The molecule has 1 rings (SSSR count). The van der Waals surface area contributed by atoms with E-state index in [-0.39, 0.29) is 24.5 Å². The predicted octanol–water partition coefficient (Wildman–Crippen LogP) is 0.0213. The molecule has 1 heterocycles. The van der Waals surface area contributed by atoms with E-state index in [9.17, 15) is 4.79 Å². The van der Waals surface area contributed by atoms with Crippen LogP contribution in [0.5, 0.6) is 0 Å². The van der Waals surface area contributed by atoms with E-state index in [2.05, 4.69) is 13.8 Å². The van der Waals surface area contributed by atoms with Gasteiger partial charge in [0.15, 0.2) is 0 Å². The van der Waals surface area contributed by atoms with Crippen LogP contribution in [0.15, 0.2) is 0 Å². The van der Waals surface area contributed by atoms with Crippen molar-refractivity contribution in [3.63, 3.8) is 0 Å². The number of carboxylic acid groups (broad SMARTS) is 1. The molecule has 0 aromatic carbocycles. The molecule has 2 N–H and O–H groups in total. The summed E-state index contributed by atoms with van der Waals surface area (Å²) >= 11 is 0. The van der Waals surface area contributed by atoms with Gasteiger partial charge in [0, 0.05) is 25.6 Å². The molecule has 1 fully saturated rings. The smallest absolute Gasteiger partial charge is 0.317 e. The monoisotopic (exact) mass is 187 g/mol. The Bertz CT molecular complexity index is 203. The Hall–Kier alpha value is -0.610. The second kappa shape index (κ2) is 3.64. The first-order chi connectivity index (χ1) is 5.95. The fourth-order valence-corrected chi connectivity index (χ4v) is 1.95. The van der Waals surface area contributed by atoms with Crippen molar-refractivity contribution in [2.45, 2.75) is 13.8 Å². The summed E-state index contributed by atoms with van der Waals surface area (Å²) in [7, 11) is 0. The molecule has 1 saturated heterocycles. The maximum atomic E-state index is 10.5. The molecule has 0 amide bonds. The van der Waals surface area contributed by atoms with Gasteiger partial charge in [-0.25, -0.2) is 0 Å². The molecule has 1 aliphatic rings. The summed E-state index contributed by atoms with van der Waals surface area (Å²) < 4.78 is 0. The molecule has 76 valence electrons. The van der Waals surface area contributed by atoms with Crippen molar-refractivity contribution in [2.24, 2.45) is 11.3 Å². The fourth-order valence-electron chi connectivity index (χ4n) is 1.95. The minimum atomic E-state index is -0.797. The largest absolute Gasteiger partial charge is 0.480 e. The van der Waals surface area contributed by atoms with Gasteiger partial charge in [-0.3, -0.25) is 9.69 Å². The first-order valence-electron chi connectivity index (χ1n) is 4.50. The van der Waals surface area contributed by atoms with Gasteiger partial charge >= 0.3 is 5.97 Å². The lowest BCUT2D eigenvalue weighted by Gasteiger charge is -2.23. The molecule has 0 unspecified atom stereocenters. The second-order valence-electron chi connectivity index (χ2n) is 4.43. The molecule has 4 heteroatoms. The number of nitrogens with zero attached hydrogens (tertiary/aromatic N) is 1. The van der Waals surface area contributed by atoms with Crippen LogP contribution in [-0.4, -0.2) is 47.3 Å². The summed E-state index contributed by atoms with van der Waals surface area (Å²) in [5.41, 5.74) is 0.0319. The van der Waals surface area contributed by atoms with Crippen molar-refractivity contribution in [1.29, 1.82) is 0 Å². The Labute approximate surface area is 78.2 Å². The van der Waals surface area contributed by atoms with Crippen molar-refractivity contribution in [1.82, 2.24) is 4.90 Å². The highest BCUT2D eigenvalue weighted by molar-refractivity contribution is 5.69. The predicted molar refractivity (Wildman–Crippen MR) is 48.4 cm³/mol. The second-order valence-corrected chi connectivity index (χ2v) is 4.43. The zero-order chi connectivity index (χ0) is 10.1. The molecule has 0 aromatic heterocycles. The molecule has 0 spiro atoms. The normalized spacial score (nSPS) is 27.8. The van der Waals surface area contributed by atoms with Crippen LogP contribution in [0, 0.1) is 11.3 Å². The van der Waals surface area contributed by atoms with Crippen molar-refractivity contribution in [2.75, 3.05) is 26.2 Å². The van der Waals surface area contributed by atoms with Crippen molar-refractivity contribution in [3.05, 3.63) is 0 Å². The quantitative estimate of drug-likeness (QED) is 0.654. The van der Waals surface area contributed by atoms with Gasteiger partial charge in [-0.15, -0.1) is 0 Å². The molecule has 0 aliphatic carbocycles. The summed E-state index contributed by atoms with van der Waals surface area (Å²) in [5, 5.41) is 17.7. The third-order valence-corrected chi connectivity index (χ3v) is 2.79. The number of rotatable bonds is 3. The van der Waals surface area contributed by atoms with Gasteiger partial charge in [0.2, 0.25) is 0 Å². The Kier molecular flexibility index (Phi) is 2.93. The minimum absolute atomic E-state index is 0.0319. The van der Waals surface area contributed by atoms with Crippen LogP contribution in [0.3, 0.4) is 0 Å². The Morgan fingerprint density at radius 1 is 1.62 bits per heavy atom. The highest BCUT2D eigenvalue weighted by Crippen LogP contribution is 2.34. The van der Waals surface area contributed by atoms with E-state index < -0.39 is 5.97 Å². The molecule has 0 bridgehead atoms. The van der Waals surface area contributed by atoms with Gasteiger partial charge in [-0.1, -0.05) is 13.8 Å². The van der Waals surface area contributed by atoms with Crippen LogP contribution < -0.4 is 0 Å². The Morgan fingerprint density at radius 3 is 2.62 bits per heavy atom. The molecular formula is C9H17NO3. The van der Waals surface area contributed by atoms with Gasteiger partial charge in [-0.2, -0.15) is 0 Å². The number of likely N-dealkylation sites (tertiary alicyclic amines) is 1. The maximum absolute atomic E-state index is 10.5. The van der Waals surface area contributed by atoms with E-state index in [4.69, 9.17) is 10.2 Å². The summed E-state index contributed by atoms with van der Waals surface area (Å²) in [6, 6.07) is 0. The Morgan fingerprint density at radius 2 is 2.23 bits per heavy atom. The number of carboxylic acids is 1. The van der Waals surface area contributed by atoms with E-state index in [0.717, 1.165) is 6.54 Å². The third kappa shape index (κ3) is 2.42. The van der Waals surface area contributed by atoms with Crippen LogP contribution in [0.4, 0.5) is 0 Å². The number of hydrogen-bond acceptors (Lipinski definition) is 3. The summed E-state index contributed by atoms with van der Waals surface area (Å²) in [6.45, 7) is 5.80. The number of aliphatic carboxylic acids is 1. The van der Waals surface area contributed by atoms with Gasteiger partial charge in [0.25, 0.3) is 0 Å². The van der Waals surface area contributed by atoms with Crippen LogP contribution >= 0.6 is 0 Å². The van der Waals surface area contributed by atoms with E-state index in [1.807, 2.05) is 4.90 Å². The summed E-state index contributed by atoms with van der Waals surface area (Å²) in [5.74, 6) is -0.596. The standard InChI is InChI=1S/C9H17NO3/c1-9(2)6-10(4-8(12)13)3-7(9)5-11/h7,11H,3-6H2,1-2H3,(H,12,13)/t7-/m0/s1. The summed E-state index contributed by atoms with van der Waals surface area (Å²) in [6.07, 6.45) is 0. The van der Waals surface area contributed by atoms with E-state index in [1.54, 1.807) is 0 Å². The first kappa shape index (κ1) is 10.5. The lowest BCUT2D eigenvalue weighted by atomic mass is 9.83. The molecule has 0 aromatic rings.